The van der Waals surface area contributed by atoms with Gasteiger partial charge in [0.1, 0.15) is 0 Å². The molecule has 9 heteroatoms. The Morgan fingerprint density at radius 2 is 1.83 bits per heavy atom. The SMILES string of the molecule is O=S(=O)(NCCSCc1cccs1)c1ccc(C(F)(F)F)cc1. The van der Waals surface area contributed by atoms with Crippen molar-refractivity contribution in [2.45, 2.75) is 16.8 Å². The standard InChI is InChI=1S/C14H14F3NO2S3/c15-14(16,17)11-3-5-13(6-4-11)23(19,20)18-7-9-21-10-12-2-1-8-22-12/h1-6,8,18H,7,9-10H2. The maximum atomic E-state index is 12.5. The lowest BCUT2D eigenvalue weighted by Gasteiger charge is -2.09. The molecular weight excluding hydrogens is 367 g/mol. The summed E-state index contributed by atoms with van der Waals surface area (Å²) >= 11 is 3.22. The van der Waals surface area contributed by atoms with E-state index in [1.807, 2.05) is 17.5 Å². The van der Waals surface area contributed by atoms with Crippen LogP contribution in [-0.4, -0.2) is 20.7 Å². The Hall–Kier alpha value is -1.03. The molecule has 126 valence electrons. The van der Waals surface area contributed by atoms with Gasteiger partial charge in [0, 0.05) is 22.9 Å². The Kier molecular flexibility index (Phi) is 6.12. The molecule has 23 heavy (non-hydrogen) atoms. The molecule has 0 unspecified atom stereocenters. The van der Waals surface area contributed by atoms with Crippen LogP contribution in [0.5, 0.6) is 0 Å². The molecule has 0 saturated heterocycles. The maximum absolute atomic E-state index is 12.5. The molecule has 0 saturated carbocycles. The minimum absolute atomic E-state index is 0.172. The number of thioether (sulfide) groups is 1. The summed E-state index contributed by atoms with van der Waals surface area (Å²) in [6.45, 7) is 0.222. The first kappa shape index (κ1) is 18.3. The van der Waals surface area contributed by atoms with E-state index in [1.165, 1.54) is 4.88 Å². The van der Waals surface area contributed by atoms with Gasteiger partial charge in [-0.1, -0.05) is 6.07 Å². The van der Waals surface area contributed by atoms with Crippen LogP contribution in [0.15, 0.2) is 46.7 Å². The van der Waals surface area contributed by atoms with E-state index >= 15 is 0 Å². The number of thiophene rings is 1. The van der Waals surface area contributed by atoms with Crippen LogP contribution in [0.3, 0.4) is 0 Å². The third kappa shape index (κ3) is 5.52. The molecule has 1 N–H and O–H groups in total. The number of alkyl halides is 3. The molecule has 0 aliphatic carbocycles. The number of hydrogen-bond donors (Lipinski definition) is 1. The van der Waals surface area contributed by atoms with Crippen molar-refractivity contribution in [3.05, 3.63) is 52.2 Å². The summed E-state index contributed by atoms with van der Waals surface area (Å²) in [5.74, 6) is 1.39. The zero-order chi connectivity index (χ0) is 16.9. The lowest BCUT2D eigenvalue weighted by atomic mass is 10.2. The van der Waals surface area contributed by atoms with Gasteiger partial charge in [-0.15, -0.1) is 11.3 Å². The van der Waals surface area contributed by atoms with Crippen molar-refractivity contribution in [3.8, 4) is 0 Å². The first-order valence-corrected chi connectivity index (χ1v) is 10.1. The summed E-state index contributed by atoms with van der Waals surface area (Å²) in [4.78, 5) is 1.04. The van der Waals surface area contributed by atoms with E-state index in [4.69, 9.17) is 0 Å². The van der Waals surface area contributed by atoms with E-state index < -0.39 is 21.8 Å². The molecule has 2 aromatic rings. The van der Waals surface area contributed by atoms with Crippen molar-refractivity contribution in [3.63, 3.8) is 0 Å². The van der Waals surface area contributed by atoms with Gasteiger partial charge >= 0.3 is 6.18 Å². The Morgan fingerprint density at radius 1 is 1.13 bits per heavy atom. The highest BCUT2D eigenvalue weighted by Gasteiger charge is 2.30. The second kappa shape index (κ2) is 7.69. The Labute approximate surface area is 141 Å². The molecule has 1 aromatic heterocycles. The van der Waals surface area contributed by atoms with Gasteiger partial charge in [-0.3, -0.25) is 0 Å². The average molecular weight is 381 g/mol. The van der Waals surface area contributed by atoms with Gasteiger partial charge in [0.15, 0.2) is 0 Å². The Bertz CT molecular complexity index is 711. The minimum Gasteiger partial charge on any atom is -0.210 e. The average Bonchev–Trinajstić information content (AvgIpc) is 2.99. The summed E-state index contributed by atoms with van der Waals surface area (Å²) in [5, 5.41) is 1.98. The van der Waals surface area contributed by atoms with Crippen LogP contribution in [0.1, 0.15) is 10.4 Å². The van der Waals surface area contributed by atoms with Crippen molar-refractivity contribution in [2.24, 2.45) is 0 Å². The second-order valence-corrected chi connectivity index (χ2v) is 8.46. The van der Waals surface area contributed by atoms with Gasteiger partial charge in [-0.25, -0.2) is 13.1 Å². The van der Waals surface area contributed by atoms with Gasteiger partial charge in [0.2, 0.25) is 10.0 Å². The summed E-state index contributed by atoms with van der Waals surface area (Å²) in [7, 11) is -3.78. The molecule has 1 aromatic carbocycles. The first-order valence-electron chi connectivity index (χ1n) is 6.56. The zero-order valence-electron chi connectivity index (χ0n) is 11.8. The van der Waals surface area contributed by atoms with Crippen molar-refractivity contribution < 1.29 is 21.6 Å². The number of benzene rings is 1. The zero-order valence-corrected chi connectivity index (χ0v) is 14.3. The van der Waals surface area contributed by atoms with Crippen LogP contribution in [-0.2, 0) is 22.0 Å². The number of sulfonamides is 1. The van der Waals surface area contributed by atoms with E-state index in [0.29, 0.717) is 5.75 Å². The largest absolute Gasteiger partial charge is 0.416 e. The second-order valence-electron chi connectivity index (χ2n) is 4.55. The van der Waals surface area contributed by atoms with Crippen LogP contribution < -0.4 is 4.72 Å². The van der Waals surface area contributed by atoms with Crippen LogP contribution in [0, 0.1) is 0 Å². The summed E-state index contributed by atoms with van der Waals surface area (Å²) < 4.78 is 63.7. The molecule has 0 aliphatic heterocycles. The van der Waals surface area contributed by atoms with Crippen molar-refractivity contribution in [1.29, 1.82) is 0 Å². The normalized spacial score (nSPS) is 12.5. The Morgan fingerprint density at radius 3 is 2.39 bits per heavy atom. The third-order valence-corrected chi connectivity index (χ3v) is 6.40. The van der Waals surface area contributed by atoms with Crippen LogP contribution in [0.2, 0.25) is 0 Å². The summed E-state index contributed by atoms with van der Waals surface area (Å²) in [6.07, 6.45) is -4.48. The monoisotopic (exact) mass is 381 g/mol. The number of halogens is 3. The van der Waals surface area contributed by atoms with E-state index in [9.17, 15) is 21.6 Å². The van der Waals surface area contributed by atoms with Gasteiger partial charge in [-0.2, -0.15) is 24.9 Å². The van der Waals surface area contributed by atoms with Gasteiger partial charge in [0.05, 0.1) is 10.5 Å². The van der Waals surface area contributed by atoms with Gasteiger partial charge in [-0.05, 0) is 35.7 Å². The summed E-state index contributed by atoms with van der Waals surface area (Å²) in [5.41, 5.74) is -0.872. The highest BCUT2D eigenvalue weighted by Crippen LogP contribution is 2.29. The highest BCUT2D eigenvalue weighted by molar-refractivity contribution is 7.98. The Balaban J connectivity index is 1.84. The molecule has 0 atom stereocenters. The van der Waals surface area contributed by atoms with Crippen LogP contribution in [0.4, 0.5) is 13.2 Å². The summed E-state index contributed by atoms with van der Waals surface area (Å²) in [6, 6.07) is 7.41. The van der Waals surface area contributed by atoms with E-state index in [-0.39, 0.29) is 11.4 Å². The molecule has 0 fully saturated rings. The molecular formula is C14H14F3NO2S3. The maximum Gasteiger partial charge on any atom is 0.416 e. The molecule has 1 heterocycles. The number of nitrogens with one attached hydrogen (secondary N) is 1. The van der Waals surface area contributed by atoms with Gasteiger partial charge < -0.3 is 0 Å². The molecule has 3 nitrogen and oxygen atoms in total. The third-order valence-electron chi connectivity index (χ3n) is 2.85. The van der Waals surface area contributed by atoms with Crippen molar-refractivity contribution >= 4 is 33.1 Å². The predicted molar refractivity (Wildman–Crippen MR) is 87.1 cm³/mol. The van der Waals surface area contributed by atoms with Crippen LogP contribution >= 0.6 is 23.1 Å². The molecule has 2 rings (SSSR count). The van der Waals surface area contributed by atoms with Crippen molar-refractivity contribution in [1.82, 2.24) is 4.72 Å². The fourth-order valence-corrected chi connectivity index (χ4v) is 4.58. The quantitative estimate of drug-likeness (QED) is 0.738. The topological polar surface area (TPSA) is 46.2 Å². The minimum atomic E-state index is -4.48. The highest BCUT2D eigenvalue weighted by atomic mass is 32.2. The number of rotatable bonds is 7. The lowest BCUT2D eigenvalue weighted by molar-refractivity contribution is -0.137. The first-order chi connectivity index (χ1) is 10.8. The molecule has 0 amide bonds. The van der Waals surface area contributed by atoms with Gasteiger partial charge in [0.25, 0.3) is 0 Å². The molecule has 0 spiro atoms. The van der Waals surface area contributed by atoms with Crippen molar-refractivity contribution in [2.75, 3.05) is 12.3 Å². The van der Waals surface area contributed by atoms with E-state index in [2.05, 4.69) is 4.72 Å². The van der Waals surface area contributed by atoms with E-state index in [1.54, 1.807) is 23.1 Å². The molecule has 0 radical (unpaired) electrons. The smallest absolute Gasteiger partial charge is 0.210 e. The number of hydrogen-bond acceptors (Lipinski definition) is 4. The van der Waals surface area contributed by atoms with Crippen LogP contribution in [0.25, 0.3) is 0 Å². The fourth-order valence-electron chi connectivity index (χ4n) is 1.72. The predicted octanol–water partition coefficient (Wildman–Crippen LogP) is 3.98. The lowest BCUT2D eigenvalue weighted by Crippen LogP contribution is -2.26. The fraction of sp³-hybridized carbons (Fsp3) is 0.286. The molecule has 0 aliphatic rings. The molecule has 0 bridgehead atoms. The van der Waals surface area contributed by atoms with E-state index in [0.717, 1.165) is 30.0 Å².